The highest BCUT2D eigenvalue weighted by molar-refractivity contribution is 5.24. The SMILES string of the molecule is CCNCc1ccnc(OCc2ccccc2)c1F. The van der Waals surface area contributed by atoms with E-state index in [2.05, 4.69) is 10.3 Å². The third kappa shape index (κ3) is 3.76. The Morgan fingerprint density at radius 2 is 2.00 bits per heavy atom. The second-order valence-corrected chi connectivity index (χ2v) is 4.14. The van der Waals surface area contributed by atoms with Gasteiger partial charge in [-0.1, -0.05) is 37.3 Å². The van der Waals surface area contributed by atoms with Crippen molar-refractivity contribution in [2.45, 2.75) is 20.1 Å². The quantitative estimate of drug-likeness (QED) is 0.867. The molecule has 100 valence electrons. The Morgan fingerprint density at radius 1 is 1.21 bits per heavy atom. The number of hydrogen-bond acceptors (Lipinski definition) is 3. The molecule has 1 N–H and O–H groups in total. The van der Waals surface area contributed by atoms with Crippen molar-refractivity contribution >= 4 is 0 Å². The van der Waals surface area contributed by atoms with Gasteiger partial charge in [0.25, 0.3) is 5.88 Å². The van der Waals surface area contributed by atoms with Gasteiger partial charge in [0.2, 0.25) is 0 Å². The first-order chi connectivity index (χ1) is 9.31. The minimum atomic E-state index is -0.389. The van der Waals surface area contributed by atoms with Crippen LogP contribution in [-0.4, -0.2) is 11.5 Å². The zero-order valence-electron chi connectivity index (χ0n) is 10.9. The lowest BCUT2D eigenvalue weighted by atomic mass is 10.2. The molecule has 1 aromatic carbocycles. The minimum Gasteiger partial charge on any atom is -0.471 e. The molecule has 3 nitrogen and oxygen atoms in total. The lowest BCUT2D eigenvalue weighted by molar-refractivity contribution is 0.276. The Balaban J connectivity index is 2.04. The molecule has 0 atom stereocenters. The molecular formula is C15H17FN2O. The van der Waals surface area contributed by atoms with Crippen molar-refractivity contribution in [1.82, 2.24) is 10.3 Å². The van der Waals surface area contributed by atoms with Crippen molar-refractivity contribution in [2.75, 3.05) is 6.54 Å². The average Bonchev–Trinajstić information content (AvgIpc) is 2.46. The second kappa shape index (κ2) is 6.85. The monoisotopic (exact) mass is 260 g/mol. The van der Waals surface area contributed by atoms with Gasteiger partial charge in [0.1, 0.15) is 6.61 Å². The smallest absolute Gasteiger partial charge is 0.251 e. The third-order valence-corrected chi connectivity index (χ3v) is 2.72. The maximum absolute atomic E-state index is 14.1. The van der Waals surface area contributed by atoms with Crippen LogP contribution in [0.15, 0.2) is 42.6 Å². The second-order valence-electron chi connectivity index (χ2n) is 4.14. The third-order valence-electron chi connectivity index (χ3n) is 2.72. The number of nitrogens with one attached hydrogen (secondary N) is 1. The lowest BCUT2D eigenvalue weighted by Gasteiger charge is -2.09. The van der Waals surface area contributed by atoms with Gasteiger partial charge >= 0.3 is 0 Å². The van der Waals surface area contributed by atoms with Gasteiger partial charge in [-0.05, 0) is 18.2 Å². The number of pyridine rings is 1. The Labute approximate surface area is 112 Å². The first-order valence-electron chi connectivity index (χ1n) is 6.32. The number of benzene rings is 1. The molecule has 0 aliphatic carbocycles. The van der Waals surface area contributed by atoms with Crippen LogP contribution in [0.25, 0.3) is 0 Å². The molecular weight excluding hydrogens is 243 g/mol. The van der Waals surface area contributed by atoms with Crippen molar-refractivity contribution in [1.29, 1.82) is 0 Å². The van der Waals surface area contributed by atoms with Crippen LogP contribution in [0.5, 0.6) is 5.88 Å². The molecule has 0 radical (unpaired) electrons. The first kappa shape index (κ1) is 13.5. The molecule has 4 heteroatoms. The molecule has 0 aliphatic rings. The zero-order valence-corrected chi connectivity index (χ0v) is 10.9. The summed E-state index contributed by atoms with van der Waals surface area (Å²) in [6.45, 7) is 3.57. The molecule has 1 heterocycles. The van der Waals surface area contributed by atoms with Gasteiger partial charge in [-0.25, -0.2) is 9.37 Å². The fourth-order valence-corrected chi connectivity index (χ4v) is 1.68. The summed E-state index contributed by atoms with van der Waals surface area (Å²) in [6.07, 6.45) is 1.57. The molecule has 2 aromatic rings. The van der Waals surface area contributed by atoms with Crippen molar-refractivity contribution in [3.05, 3.63) is 59.5 Å². The van der Waals surface area contributed by atoms with E-state index in [0.717, 1.165) is 12.1 Å². The molecule has 0 aliphatic heterocycles. The standard InChI is InChI=1S/C15H17FN2O/c1-2-17-10-13-8-9-18-15(14(13)16)19-11-12-6-4-3-5-7-12/h3-9,17H,2,10-11H2,1H3. The fraction of sp³-hybridized carbons (Fsp3) is 0.267. The lowest BCUT2D eigenvalue weighted by Crippen LogP contribution is -2.13. The summed E-state index contributed by atoms with van der Waals surface area (Å²) in [5.74, 6) is -0.335. The van der Waals surface area contributed by atoms with E-state index >= 15 is 0 Å². The van der Waals surface area contributed by atoms with Crippen molar-refractivity contribution in [3.63, 3.8) is 0 Å². The van der Waals surface area contributed by atoms with Crippen LogP contribution in [-0.2, 0) is 13.2 Å². The van der Waals surface area contributed by atoms with Crippen LogP contribution in [0.4, 0.5) is 4.39 Å². The minimum absolute atomic E-state index is 0.0549. The van der Waals surface area contributed by atoms with Crippen LogP contribution >= 0.6 is 0 Å². The Kier molecular flexibility index (Phi) is 4.86. The number of nitrogens with zero attached hydrogens (tertiary/aromatic N) is 1. The normalized spacial score (nSPS) is 10.4. The molecule has 0 spiro atoms. The molecule has 2 rings (SSSR count). The van der Waals surface area contributed by atoms with Gasteiger partial charge in [-0.2, -0.15) is 0 Å². The van der Waals surface area contributed by atoms with E-state index in [1.165, 1.54) is 0 Å². The Bertz CT molecular complexity index is 517. The number of hydrogen-bond donors (Lipinski definition) is 1. The van der Waals surface area contributed by atoms with Crippen molar-refractivity contribution < 1.29 is 9.13 Å². The molecule has 0 unspecified atom stereocenters. The van der Waals surface area contributed by atoms with Gasteiger partial charge in [-0.3, -0.25) is 0 Å². The first-order valence-corrected chi connectivity index (χ1v) is 6.32. The van der Waals surface area contributed by atoms with Crippen molar-refractivity contribution in [3.8, 4) is 5.88 Å². The largest absolute Gasteiger partial charge is 0.471 e. The van der Waals surface area contributed by atoms with Crippen LogP contribution in [0.2, 0.25) is 0 Å². The highest BCUT2D eigenvalue weighted by atomic mass is 19.1. The van der Waals surface area contributed by atoms with Crippen LogP contribution in [0, 0.1) is 5.82 Å². The summed E-state index contributed by atoms with van der Waals surface area (Å²) in [5, 5.41) is 3.08. The molecule has 0 amide bonds. The summed E-state index contributed by atoms with van der Waals surface area (Å²) < 4.78 is 19.5. The van der Waals surface area contributed by atoms with Crippen LogP contribution in [0.1, 0.15) is 18.1 Å². The number of ether oxygens (including phenoxy) is 1. The average molecular weight is 260 g/mol. The summed E-state index contributed by atoms with van der Waals surface area (Å²) in [4.78, 5) is 3.94. The Morgan fingerprint density at radius 3 is 2.74 bits per heavy atom. The summed E-state index contributed by atoms with van der Waals surface area (Å²) in [7, 11) is 0. The van der Waals surface area contributed by atoms with Crippen LogP contribution < -0.4 is 10.1 Å². The predicted molar refractivity (Wildman–Crippen MR) is 72.3 cm³/mol. The van der Waals surface area contributed by atoms with Gasteiger partial charge < -0.3 is 10.1 Å². The maximum atomic E-state index is 14.1. The van der Waals surface area contributed by atoms with E-state index in [1.807, 2.05) is 37.3 Å². The highest BCUT2D eigenvalue weighted by Crippen LogP contribution is 2.18. The van der Waals surface area contributed by atoms with Crippen molar-refractivity contribution in [2.24, 2.45) is 0 Å². The molecule has 0 saturated heterocycles. The Hall–Kier alpha value is -1.94. The van der Waals surface area contributed by atoms with Crippen LogP contribution in [0.3, 0.4) is 0 Å². The maximum Gasteiger partial charge on any atom is 0.251 e. The van der Waals surface area contributed by atoms with E-state index in [4.69, 9.17) is 4.74 Å². The predicted octanol–water partition coefficient (Wildman–Crippen LogP) is 2.91. The van der Waals surface area contributed by atoms with Gasteiger partial charge in [0, 0.05) is 18.3 Å². The van der Waals surface area contributed by atoms with Gasteiger partial charge in [0.15, 0.2) is 5.82 Å². The molecule has 0 fully saturated rings. The van der Waals surface area contributed by atoms with Gasteiger partial charge in [0.05, 0.1) is 0 Å². The molecule has 1 aromatic heterocycles. The molecule has 0 bridgehead atoms. The molecule has 0 saturated carbocycles. The van der Waals surface area contributed by atoms with E-state index in [9.17, 15) is 4.39 Å². The topological polar surface area (TPSA) is 34.2 Å². The van der Waals surface area contributed by atoms with E-state index < -0.39 is 0 Å². The summed E-state index contributed by atoms with van der Waals surface area (Å²) >= 11 is 0. The van der Waals surface area contributed by atoms with E-state index in [0.29, 0.717) is 18.7 Å². The van der Waals surface area contributed by atoms with E-state index in [-0.39, 0.29) is 11.7 Å². The summed E-state index contributed by atoms with van der Waals surface area (Å²) in [5.41, 5.74) is 1.56. The van der Waals surface area contributed by atoms with E-state index in [1.54, 1.807) is 12.3 Å². The zero-order chi connectivity index (χ0) is 13.5. The molecule has 19 heavy (non-hydrogen) atoms. The number of aromatic nitrogens is 1. The highest BCUT2D eigenvalue weighted by Gasteiger charge is 2.10. The fourth-order valence-electron chi connectivity index (χ4n) is 1.68. The number of rotatable bonds is 6. The number of halogens is 1. The summed E-state index contributed by atoms with van der Waals surface area (Å²) in [6, 6.07) is 11.3. The van der Waals surface area contributed by atoms with Gasteiger partial charge in [-0.15, -0.1) is 0 Å².